The van der Waals surface area contributed by atoms with Crippen molar-refractivity contribution < 1.29 is 81.4 Å². The van der Waals surface area contributed by atoms with Crippen molar-refractivity contribution in [3.8, 4) is 17.1 Å². The molecule has 0 saturated carbocycles. The molecule has 2 aromatic heterocycles. The molecule has 0 saturated heterocycles. The summed E-state index contributed by atoms with van der Waals surface area (Å²) in [5, 5.41) is 31.8. The van der Waals surface area contributed by atoms with Crippen LogP contribution in [0.5, 0.6) is 5.75 Å². The molecule has 29 nitrogen and oxygen atoms in total. The summed E-state index contributed by atoms with van der Waals surface area (Å²) in [6.45, 7) is 10.1. The van der Waals surface area contributed by atoms with Crippen molar-refractivity contribution in [2.75, 3.05) is 96.4 Å². The van der Waals surface area contributed by atoms with Crippen molar-refractivity contribution in [1.82, 2.24) is 41.5 Å². The van der Waals surface area contributed by atoms with E-state index in [-0.39, 0.29) is 134 Å². The van der Waals surface area contributed by atoms with E-state index in [0.29, 0.717) is 66.7 Å². The topological polar surface area (TPSA) is 387 Å². The predicted molar refractivity (Wildman–Crippen MR) is 391 cm³/mol. The number of alkyl carbamates (subject to hydrolysis) is 1. The van der Waals surface area contributed by atoms with Crippen LogP contribution < -0.4 is 58.1 Å². The number of para-hydroxylation sites is 1. The van der Waals surface area contributed by atoms with Gasteiger partial charge in [0.25, 0.3) is 11.5 Å². The van der Waals surface area contributed by atoms with E-state index < -0.39 is 77.5 Å². The quantitative estimate of drug-likeness (QED) is 0.0162. The number of aryl methyl sites for hydroxylation is 1. The number of carbonyl (C=O) groups excluding carboxylic acids is 9. The average molecular weight is 1450 g/mol. The second kappa shape index (κ2) is 39.9. The molecule has 0 fully saturated rings. The lowest BCUT2D eigenvalue weighted by atomic mass is 9.86. The minimum Gasteiger partial charge on any atom is -0.497 e. The summed E-state index contributed by atoms with van der Waals surface area (Å²) in [6, 6.07) is 26.1. The molecule has 2 aliphatic heterocycles. The predicted octanol–water partition coefficient (Wildman–Crippen LogP) is 5.78. The van der Waals surface area contributed by atoms with Crippen molar-refractivity contribution in [3.05, 3.63) is 152 Å². The molecular formula is C76H95N11O18. The molecule has 0 radical (unpaired) electrons. The van der Waals surface area contributed by atoms with Crippen molar-refractivity contribution in [2.45, 2.75) is 124 Å². The van der Waals surface area contributed by atoms with E-state index in [9.17, 15) is 53.1 Å². The van der Waals surface area contributed by atoms with Crippen molar-refractivity contribution in [1.29, 1.82) is 0 Å². The van der Waals surface area contributed by atoms with Crippen LogP contribution in [0, 0.1) is 5.92 Å². The van der Waals surface area contributed by atoms with Gasteiger partial charge in [0.2, 0.25) is 29.5 Å². The number of aliphatic hydroxyl groups is 1. The van der Waals surface area contributed by atoms with E-state index in [1.54, 1.807) is 69.2 Å². The number of anilines is 2. The van der Waals surface area contributed by atoms with Crippen LogP contribution in [0.1, 0.15) is 118 Å². The summed E-state index contributed by atoms with van der Waals surface area (Å²) < 4.78 is 40.0. The van der Waals surface area contributed by atoms with Crippen LogP contribution in [0.4, 0.5) is 21.0 Å². The third-order valence-corrected chi connectivity index (χ3v) is 17.7. The Morgan fingerprint density at radius 2 is 1.34 bits per heavy atom. The number of carbonyl (C=O) groups is 9. The Bertz CT molecular complexity index is 4140. The third kappa shape index (κ3) is 22.7. The molecule has 4 aromatic carbocycles. The Morgan fingerprint density at radius 1 is 0.667 bits per heavy atom. The Morgan fingerprint density at radius 3 is 2.03 bits per heavy atom. The van der Waals surface area contributed by atoms with Gasteiger partial charge in [-0.2, -0.15) is 0 Å². The number of hydrogen-bond donors (Lipinski definition) is 9. The minimum atomic E-state index is -2.29. The Balaban J connectivity index is 0.699. The summed E-state index contributed by atoms with van der Waals surface area (Å²) in [6.07, 6.45) is 3.99. The molecule has 0 spiro atoms. The number of nitrogens with zero attached hydrogens (tertiary/aromatic N) is 3. The molecule has 2 aliphatic rings. The first kappa shape index (κ1) is 80.1. The number of nitrogens with two attached hydrogens (primary N) is 1. The smallest absolute Gasteiger partial charge is 0.407 e. The maximum absolute atomic E-state index is 14.4. The van der Waals surface area contributed by atoms with Crippen LogP contribution in [0.2, 0.25) is 0 Å². The Kier molecular flexibility index (Phi) is 30.4. The van der Waals surface area contributed by atoms with E-state index in [1.165, 1.54) is 11.5 Å². The maximum Gasteiger partial charge on any atom is 0.407 e. The van der Waals surface area contributed by atoms with E-state index in [4.69, 9.17) is 43.9 Å². The Hall–Kier alpha value is -10.6. The van der Waals surface area contributed by atoms with E-state index >= 15 is 0 Å². The number of esters is 1. The number of hydrogen-bond acceptors (Lipinski definition) is 19. The minimum absolute atomic E-state index is 0.0396. The van der Waals surface area contributed by atoms with Gasteiger partial charge in [0, 0.05) is 74.6 Å². The second-order valence-corrected chi connectivity index (χ2v) is 25.3. The molecule has 8 rings (SSSR count). The van der Waals surface area contributed by atoms with Crippen LogP contribution in [0.3, 0.4) is 0 Å². The van der Waals surface area contributed by atoms with Crippen LogP contribution in [0.15, 0.2) is 102 Å². The lowest BCUT2D eigenvalue weighted by molar-refractivity contribution is -0.143. The first-order chi connectivity index (χ1) is 50.6. The number of primary amides is 1. The number of methoxy groups -OCH3 is 1. The zero-order valence-corrected chi connectivity index (χ0v) is 60.2. The molecule has 9 amide bonds. The van der Waals surface area contributed by atoms with Gasteiger partial charge in [-0.05, 0) is 102 Å². The first-order valence-electron chi connectivity index (χ1n) is 35.2. The number of aromatic nitrogens is 2. The van der Waals surface area contributed by atoms with Gasteiger partial charge < -0.3 is 90.7 Å². The van der Waals surface area contributed by atoms with Gasteiger partial charge in [-0.3, -0.25) is 38.4 Å². The zero-order valence-electron chi connectivity index (χ0n) is 60.2. The molecule has 3 atom stereocenters. The van der Waals surface area contributed by atoms with Crippen molar-refractivity contribution in [2.24, 2.45) is 11.7 Å². The number of ether oxygens (including phenoxy) is 7. The number of fused-ring (bicyclic) bond motifs is 6. The highest BCUT2D eigenvalue weighted by Gasteiger charge is 2.41. The lowest BCUT2D eigenvalue weighted by Crippen LogP contribution is -2.54. The molecular weight excluding hydrogens is 1350 g/mol. The molecule has 0 bridgehead atoms. The average Bonchev–Trinajstić information content (AvgIpc) is 1.60. The summed E-state index contributed by atoms with van der Waals surface area (Å²) in [4.78, 5) is 138. The monoisotopic (exact) mass is 1450 g/mol. The maximum atomic E-state index is 14.4. The van der Waals surface area contributed by atoms with Crippen LogP contribution in [-0.4, -0.2) is 166 Å². The van der Waals surface area contributed by atoms with Gasteiger partial charge in [0.1, 0.15) is 31.0 Å². The third-order valence-electron chi connectivity index (χ3n) is 17.7. The standard InChI is InChI=1S/C76H95N11O18/c1-7-56-57-42-55(99-6)25-26-61(57)83-69-58(56)45-87-64(69)43-60(59(72(87)94)47-104-49(5)88)76(98,8-2)73(95)79-31-32-81-75(97)105-46-50-19-23-54(24-20-50)82-70(92)62(17-13-30-80-74(77)96)84-71(93)68(48(3)4)85-66(90)29-34-100-36-38-102-40-41-103-39-37-101-35-33-78-65(89)27-28-67(91)86-44-53-16-10-9-14-51(53)21-22-52-15-11-12-18-63(52)86/h9-12,14-16,18-26,42-43,48,62,68,98H,7-8,13,17,27-41,44-47H2,1-6H3,(H,78,89)(H,79,95)(H,81,97)(H,82,92)(H,84,93)(H,85,90)(H3,77,80,96)/b22-21-/t62-,68-,76-/m0/s1. The highest BCUT2D eigenvalue weighted by atomic mass is 16.6. The summed E-state index contributed by atoms with van der Waals surface area (Å²) in [7, 11) is 1.57. The number of urea groups is 1. The van der Waals surface area contributed by atoms with E-state index in [1.807, 2.05) is 73.7 Å². The molecule has 29 heteroatoms. The van der Waals surface area contributed by atoms with Crippen molar-refractivity contribution >= 4 is 88.0 Å². The van der Waals surface area contributed by atoms with Gasteiger partial charge >= 0.3 is 18.1 Å². The molecule has 0 unspecified atom stereocenters. The fraction of sp³-hybridized carbons (Fsp3) is 0.434. The zero-order chi connectivity index (χ0) is 75.4. The second-order valence-electron chi connectivity index (χ2n) is 25.3. The normalized spacial score (nSPS) is 13.4. The van der Waals surface area contributed by atoms with Gasteiger partial charge in [-0.1, -0.05) is 94.4 Å². The highest BCUT2D eigenvalue weighted by molar-refractivity contribution is 6.00. The molecule has 6 aromatic rings. The van der Waals surface area contributed by atoms with Crippen LogP contribution in [-0.2, 0) is 100 Å². The molecule has 0 aliphatic carbocycles. The Labute approximate surface area is 608 Å². The summed E-state index contributed by atoms with van der Waals surface area (Å²) in [5.74, 6) is -3.36. The number of pyridine rings is 2. The number of amides is 9. The SMILES string of the molecule is CCc1c2c(nc3ccc(OC)cc13)-c1cc([C@@](O)(CC)C(=O)NCCNC(=O)OCc3ccc(NC(=O)[C@H](CCCNC(N)=O)NC(=O)[C@@H](NC(=O)CCOCCOCCOCCOCCNC(=O)CCC(=O)N4Cc5ccccc5/C=C\c5ccccc54)C(C)C)cc3)c(COC(C)=O)c(=O)n1C2. The fourth-order valence-corrected chi connectivity index (χ4v) is 12.1. The molecule has 562 valence electrons. The number of nitrogens with one attached hydrogen (secondary N) is 7. The molecule has 105 heavy (non-hydrogen) atoms. The highest BCUT2D eigenvalue weighted by Crippen LogP contribution is 2.40. The fourth-order valence-electron chi connectivity index (χ4n) is 12.1. The largest absolute Gasteiger partial charge is 0.497 e. The molecule has 4 heterocycles. The van der Waals surface area contributed by atoms with Crippen LogP contribution >= 0.6 is 0 Å². The summed E-state index contributed by atoms with van der Waals surface area (Å²) >= 11 is 0. The summed E-state index contributed by atoms with van der Waals surface area (Å²) in [5.41, 5.74) is 10.2. The first-order valence-corrected chi connectivity index (χ1v) is 35.2. The van der Waals surface area contributed by atoms with E-state index in [0.717, 1.165) is 38.9 Å². The van der Waals surface area contributed by atoms with E-state index in [2.05, 4.69) is 43.3 Å². The van der Waals surface area contributed by atoms with Crippen molar-refractivity contribution in [3.63, 3.8) is 0 Å². The molecule has 10 N–H and O–H groups in total. The van der Waals surface area contributed by atoms with Gasteiger partial charge in [-0.25, -0.2) is 14.6 Å². The lowest BCUT2D eigenvalue weighted by Gasteiger charge is -2.29. The van der Waals surface area contributed by atoms with Gasteiger partial charge in [0.15, 0.2) is 5.60 Å². The number of rotatable bonds is 40. The van der Waals surface area contributed by atoms with Gasteiger partial charge in [0.05, 0.1) is 101 Å². The van der Waals surface area contributed by atoms with Gasteiger partial charge in [-0.15, -0.1) is 0 Å². The number of benzene rings is 4. The van der Waals surface area contributed by atoms with Crippen LogP contribution in [0.25, 0.3) is 34.4 Å².